The van der Waals surface area contributed by atoms with Crippen molar-refractivity contribution in [1.82, 2.24) is 4.98 Å². The highest BCUT2D eigenvalue weighted by Crippen LogP contribution is 2.20. The van der Waals surface area contributed by atoms with E-state index in [1.54, 1.807) is 6.07 Å². The summed E-state index contributed by atoms with van der Waals surface area (Å²) in [7, 11) is -2.45. The molecule has 21 heavy (non-hydrogen) atoms. The van der Waals surface area contributed by atoms with Crippen molar-refractivity contribution in [3.8, 4) is 5.75 Å². The summed E-state index contributed by atoms with van der Waals surface area (Å²) in [6.07, 6.45) is 2.27. The Morgan fingerprint density at radius 2 is 2.05 bits per heavy atom. The number of carboxylic acids is 1. The number of rotatable bonds is 5. The first kappa shape index (κ1) is 14.8. The molecule has 0 aliphatic carbocycles. The van der Waals surface area contributed by atoms with Crippen molar-refractivity contribution >= 4 is 21.7 Å². The van der Waals surface area contributed by atoms with Crippen molar-refractivity contribution in [3.63, 3.8) is 0 Å². The lowest BCUT2D eigenvalue weighted by molar-refractivity contribution is -0.255. The maximum absolute atomic E-state index is 12.2. The van der Waals surface area contributed by atoms with Crippen molar-refractivity contribution < 1.29 is 23.1 Å². The molecule has 1 aromatic heterocycles. The van der Waals surface area contributed by atoms with Crippen molar-refractivity contribution in [2.24, 2.45) is 0 Å². The minimum Gasteiger partial charge on any atom is -0.545 e. The molecule has 0 unspecified atom stereocenters. The minimum absolute atomic E-state index is 0.0132. The Balaban J connectivity index is 2.32. The quantitative estimate of drug-likeness (QED) is 0.848. The van der Waals surface area contributed by atoms with Gasteiger partial charge in [0.05, 0.1) is 29.9 Å². The van der Waals surface area contributed by atoms with Crippen molar-refractivity contribution in [3.05, 3.63) is 48.3 Å². The predicted molar refractivity (Wildman–Crippen MR) is 72.4 cm³/mol. The first-order valence-corrected chi connectivity index (χ1v) is 7.24. The number of carbonyl (C=O) groups excluding carboxylic acids is 1. The Morgan fingerprint density at radius 3 is 2.71 bits per heavy atom. The molecule has 110 valence electrons. The molecule has 2 rings (SSSR count). The molecule has 1 aromatic carbocycles. The number of benzene rings is 1. The van der Waals surface area contributed by atoms with Gasteiger partial charge in [-0.15, -0.1) is 0 Å². The van der Waals surface area contributed by atoms with E-state index in [0.717, 1.165) is 12.3 Å². The summed E-state index contributed by atoms with van der Waals surface area (Å²) >= 11 is 0. The normalized spacial score (nSPS) is 10.9. The predicted octanol–water partition coefficient (Wildman–Crippen LogP) is 0.254. The average molecular weight is 307 g/mol. The second-order valence-corrected chi connectivity index (χ2v) is 5.72. The monoisotopic (exact) mass is 307 g/mol. The lowest BCUT2D eigenvalue weighted by atomic mass is 10.3. The number of nitrogens with one attached hydrogen (secondary N) is 1. The van der Waals surface area contributed by atoms with Gasteiger partial charge in [-0.3, -0.25) is 9.71 Å². The summed E-state index contributed by atoms with van der Waals surface area (Å²) < 4.78 is 31.6. The van der Waals surface area contributed by atoms with Gasteiger partial charge in [0.15, 0.2) is 0 Å². The van der Waals surface area contributed by atoms with E-state index >= 15 is 0 Å². The first-order chi connectivity index (χ1) is 9.92. The number of hydrogen-bond acceptors (Lipinski definition) is 6. The Hall–Kier alpha value is -2.61. The van der Waals surface area contributed by atoms with Gasteiger partial charge in [-0.25, -0.2) is 8.42 Å². The molecule has 0 fully saturated rings. The van der Waals surface area contributed by atoms with Gasteiger partial charge in [-0.1, -0.05) is 6.07 Å². The van der Waals surface area contributed by atoms with Crippen LogP contribution in [-0.2, 0) is 10.0 Å². The van der Waals surface area contributed by atoms with Crippen molar-refractivity contribution in [2.45, 2.75) is 4.90 Å². The number of pyridine rings is 1. The van der Waals surface area contributed by atoms with Crippen LogP contribution >= 0.6 is 0 Å². The highest BCUT2D eigenvalue weighted by atomic mass is 32.2. The smallest absolute Gasteiger partial charge is 0.262 e. The lowest BCUT2D eigenvalue weighted by Crippen LogP contribution is -2.22. The fourth-order valence-electron chi connectivity index (χ4n) is 1.59. The number of carboxylic acid groups (broad SMARTS) is 1. The van der Waals surface area contributed by atoms with Gasteiger partial charge in [0.2, 0.25) is 0 Å². The number of nitrogens with zero attached hydrogens (tertiary/aromatic N) is 1. The van der Waals surface area contributed by atoms with E-state index in [4.69, 9.17) is 4.74 Å². The van der Waals surface area contributed by atoms with E-state index in [9.17, 15) is 18.3 Å². The van der Waals surface area contributed by atoms with Crippen LogP contribution in [0, 0.1) is 0 Å². The van der Waals surface area contributed by atoms with E-state index in [1.807, 2.05) is 0 Å². The molecule has 1 N–H and O–H groups in total. The SMILES string of the molecule is COc1cccc(S(=O)(=O)Nc2cncc(C(=O)[O-])c2)c1. The number of aromatic nitrogens is 1. The van der Waals surface area contributed by atoms with Crippen LogP contribution in [0.1, 0.15) is 10.4 Å². The number of aromatic carboxylic acids is 1. The summed E-state index contributed by atoms with van der Waals surface area (Å²) in [5, 5.41) is 10.7. The lowest BCUT2D eigenvalue weighted by Gasteiger charge is -2.10. The third-order valence-corrected chi connectivity index (χ3v) is 3.96. The number of methoxy groups -OCH3 is 1. The molecule has 0 bridgehead atoms. The molecular weight excluding hydrogens is 296 g/mol. The molecule has 1 heterocycles. The number of anilines is 1. The molecule has 0 aliphatic heterocycles. The third kappa shape index (κ3) is 3.48. The molecule has 8 heteroatoms. The second-order valence-electron chi connectivity index (χ2n) is 4.03. The van der Waals surface area contributed by atoms with E-state index in [-0.39, 0.29) is 16.1 Å². The Morgan fingerprint density at radius 1 is 1.29 bits per heavy atom. The van der Waals surface area contributed by atoms with Gasteiger partial charge >= 0.3 is 0 Å². The standard InChI is InChI=1S/C13H12N2O5S/c1-20-11-3-2-4-12(6-11)21(18,19)15-10-5-9(13(16)17)7-14-8-10/h2-8,15H,1H3,(H,16,17)/p-1. The average Bonchev–Trinajstić information content (AvgIpc) is 2.47. The van der Waals surface area contributed by atoms with E-state index in [2.05, 4.69) is 9.71 Å². The van der Waals surface area contributed by atoms with Crippen LogP contribution in [0.5, 0.6) is 5.75 Å². The number of ether oxygens (including phenoxy) is 1. The third-order valence-electron chi connectivity index (χ3n) is 2.58. The summed E-state index contributed by atoms with van der Waals surface area (Å²) in [5.74, 6) is -1.05. The van der Waals surface area contributed by atoms with Gasteiger partial charge in [0, 0.05) is 17.8 Å². The van der Waals surface area contributed by atoms with Crippen LogP contribution < -0.4 is 14.6 Å². The van der Waals surface area contributed by atoms with Crippen molar-refractivity contribution in [2.75, 3.05) is 11.8 Å². The zero-order chi connectivity index (χ0) is 15.5. The number of hydrogen-bond donors (Lipinski definition) is 1. The minimum atomic E-state index is -3.87. The van der Waals surface area contributed by atoms with Crippen LogP contribution in [0.4, 0.5) is 5.69 Å². The van der Waals surface area contributed by atoms with Crippen LogP contribution in [0.3, 0.4) is 0 Å². The summed E-state index contributed by atoms with van der Waals surface area (Å²) in [5.41, 5.74) is -0.194. The van der Waals surface area contributed by atoms with E-state index < -0.39 is 16.0 Å². The maximum Gasteiger partial charge on any atom is 0.262 e. The Kier molecular flexibility index (Phi) is 4.08. The zero-order valence-corrected chi connectivity index (χ0v) is 11.8. The fourth-order valence-corrected chi connectivity index (χ4v) is 2.66. The van der Waals surface area contributed by atoms with E-state index in [1.165, 1.54) is 31.5 Å². The topological polar surface area (TPSA) is 108 Å². The van der Waals surface area contributed by atoms with E-state index in [0.29, 0.717) is 5.75 Å². The second kappa shape index (κ2) is 5.80. The highest BCUT2D eigenvalue weighted by Gasteiger charge is 2.15. The van der Waals surface area contributed by atoms with Gasteiger partial charge < -0.3 is 14.6 Å². The Labute approximate surface area is 121 Å². The number of sulfonamides is 1. The summed E-state index contributed by atoms with van der Waals surface area (Å²) in [6.45, 7) is 0. The Bertz CT molecular complexity index is 774. The molecular formula is C13H11N2O5S-. The van der Waals surface area contributed by atoms with Gasteiger partial charge in [-0.05, 0) is 18.2 Å². The highest BCUT2D eigenvalue weighted by molar-refractivity contribution is 7.92. The zero-order valence-electron chi connectivity index (χ0n) is 10.9. The molecule has 0 radical (unpaired) electrons. The largest absolute Gasteiger partial charge is 0.545 e. The number of carbonyl (C=O) groups is 1. The van der Waals surface area contributed by atoms with Crippen LogP contribution in [0.15, 0.2) is 47.6 Å². The summed E-state index contributed by atoms with van der Waals surface area (Å²) in [6, 6.07) is 7.00. The fraction of sp³-hybridized carbons (Fsp3) is 0.0769. The van der Waals surface area contributed by atoms with Gasteiger partial charge in [0.25, 0.3) is 10.0 Å². The molecule has 2 aromatic rings. The molecule has 0 aliphatic rings. The van der Waals surface area contributed by atoms with Crippen LogP contribution in [0.2, 0.25) is 0 Å². The molecule has 0 saturated carbocycles. The van der Waals surface area contributed by atoms with Crippen LogP contribution in [0.25, 0.3) is 0 Å². The van der Waals surface area contributed by atoms with Crippen LogP contribution in [-0.4, -0.2) is 26.5 Å². The molecule has 0 amide bonds. The molecule has 0 atom stereocenters. The molecule has 7 nitrogen and oxygen atoms in total. The molecule has 0 spiro atoms. The maximum atomic E-state index is 12.2. The van der Waals surface area contributed by atoms with Crippen molar-refractivity contribution in [1.29, 1.82) is 0 Å². The van der Waals surface area contributed by atoms with Gasteiger partial charge in [-0.2, -0.15) is 0 Å². The van der Waals surface area contributed by atoms with Gasteiger partial charge in [0.1, 0.15) is 5.75 Å². The molecule has 0 saturated heterocycles. The first-order valence-electron chi connectivity index (χ1n) is 5.75. The summed E-state index contributed by atoms with van der Waals surface area (Å²) in [4.78, 5) is 14.4.